The van der Waals surface area contributed by atoms with Crippen molar-refractivity contribution in [2.24, 2.45) is 10.7 Å². The number of rotatable bonds is 4. The molecule has 1 atom stereocenters. The third-order valence-electron chi connectivity index (χ3n) is 3.30. The molecule has 0 aromatic carbocycles. The zero-order chi connectivity index (χ0) is 15.3. The van der Waals surface area contributed by atoms with Gasteiger partial charge in [0, 0.05) is 23.5 Å². The second-order valence-corrected chi connectivity index (χ2v) is 7.26. The summed E-state index contributed by atoms with van der Waals surface area (Å²) in [5.74, 6) is 0.511. The Labute approximate surface area is 154 Å². The molecule has 126 valence electrons. The Balaban J connectivity index is 0.00000242. The monoisotopic (exact) mass is 438 g/mol. The number of nitrogens with zero attached hydrogens (tertiary/aromatic N) is 2. The summed E-state index contributed by atoms with van der Waals surface area (Å²) in [7, 11) is 0. The fourth-order valence-electron chi connectivity index (χ4n) is 2.36. The maximum absolute atomic E-state index is 5.99. The molecule has 1 fully saturated rings. The second kappa shape index (κ2) is 9.05. The molecular weight excluding hydrogens is 411 g/mol. The van der Waals surface area contributed by atoms with Crippen LogP contribution in [0.5, 0.6) is 0 Å². The first-order valence-corrected chi connectivity index (χ1v) is 8.27. The topological polar surface area (TPSA) is 62.9 Å². The normalized spacial score (nSPS) is 18.6. The highest BCUT2D eigenvalue weighted by atomic mass is 127. The Morgan fingerprint density at radius 2 is 2.14 bits per heavy atom. The van der Waals surface area contributed by atoms with Crippen molar-refractivity contribution in [1.82, 2.24) is 10.2 Å². The fraction of sp³-hybridized carbons (Fsp3) is 0.667. The molecule has 3 N–H and O–H groups in total. The van der Waals surface area contributed by atoms with Crippen molar-refractivity contribution in [3.63, 3.8) is 0 Å². The molecule has 1 aromatic heterocycles. The standard InChI is InChI=1S/C15H26N4OS.HI/c1-15(2,3)18-14(16)17-11-12(13-5-4-10-21-13)19-6-8-20-9-7-19;/h4-5,10,12H,6-9,11H2,1-3H3,(H3,16,17,18);1H. The minimum Gasteiger partial charge on any atom is -0.379 e. The maximum Gasteiger partial charge on any atom is 0.189 e. The number of hydrogen-bond acceptors (Lipinski definition) is 4. The van der Waals surface area contributed by atoms with Gasteiger partial charge in [0.1, 0.15) is 0 Å². The van der Waals surface area contributed by atoms with Gasteiger partial charge in [-0.15, -0.1) is 35.3 Å². The average Bonchev–Trinajstić information content (AvgIpc) is 2.92. The van der Waals surface area contributed by atoms with Gasteiger partial charge < -0.3 is 15.8 Å². The van der Waals surface area contributed by atoms with Crippen LogP contribution in [0.1, 0.15) is 31.7 Å². The summed E-state index contributed by atoms with van der Waals surface area (Å²) in [6.45, 7) is 10.4. The number of ether oxygens (including phenoxy) is 1. The van der Waals surface area contributed by atoms with Crippen LogP contribution in [0, 0.1) is 0 Å². The lowest BCUT2D eigenvalue weighted by Crippen LogP contribution is -2.45. The van der Waals surface area contributed by atoms with Crippen LogP contribution in [-0.2, 0) is 4.74 Å². The molecule has 0 amide bonds. The van der Waals surface area contributed by atoms with Gasteiger partial charge in [0.05, 0.1) is 25.8 Å². The highest BCUT2D eigenvalue weighted by molar-refractivity contribution is 14.0. The predicted molar refractivity (Wildman–Crippen MR) is 104 cm³/mol. The third kappa shape index (κ3) is 6.39. The van der Waals surface area contributed by atoms with E-state index >= 15 is 0 Å². The number of guanidine groups is 1. The predicted octanol–water partition coefficient (Wildman–Crippen LogP) is 2.44. The zero-order valence-electron chi connectivity index (χ0n) is 13.5. The first-order chi connectivity index (χ1) is 9.96. The molecule has 7 heteroatoms. The number of thiophene rings is 1. The van der Waals surface area contributed by atoms with Crippen LogP contribution in [0.3, 0.4) is 0 Å². The van der Waals surface area contributed by atoms with E-state index in [4.69, 9.17) is 10.5 Å². The second-order valence-electron chi connectivity index (χ2n) is 6.28. The van der Waals surface area contributed by atoms with E-state index in [0.717, 1.165) is 26.3 Å². The minimum atomic E-state index is -0.0645. The van der Waals surface area contributed by atoms with E-state index in [2.05, 4.69) is 53.5 Å². The number of hydrogen-bond donors (Lipinski definition) is 2. The molecule has 2 rings (SSSR count). The van der Waals surface area contributed by atoms with E-state index in [-0.39, 0.29) is 35.6 Å². The van der Waals surface area contributed by atoms with Gasteiger partial charge >= 0.3 is 0 Å². The summed E-state index contributed by atoms with van der Waals surface area (Å²) >= 11 is 1.78. The molecule has 0 spiro atoms. The molecule has 2 heterocycles. The maximum atomic E-state index is 5.99. The van der Waals surface area contributed by atoms with Crippen molar-refractivity contribution in [2.75, 3.05) is 32.8 Å². The van der Waals surface area contributed by atoms with Gasteiger partial charge in [-0.2, -0.15) is 0 Å². The summed E-state index contributed by atoms with van der Waals surface area (Å²) in [6, 6.07) is 4.55. The summed E-state index contributed by atoms with van der Waals surface area (Å²) in [5.41, 5.74) is 5.93. The Morgan fingerprint density at radius 1 is 1.45 bits per heavy atom. The fourth-order valence-corrected chi connectivity index (χ4v) is 3.22. The van der Waals surface area contributed by atoms with Gasteiger partial charge in [0.15, 0.2) is 5.96 Å². The van der Waals surface area contributed by atoms with Crippen molar-refractivity contribution in [3.8, 4) is 0 Å². The summed E-state index contributed by atoms with van der Waals surface area (Å²) in [6.07, 6.45) is 0. The van der Waals surface area contributed by atoms with E-state index in [1.165, 1.54) is 4.88 Å². The van der Waals surface area contributed by atoms with E-state index < -0.39 is 0 Å². The molecule has 0 aliphatic carbocycles. The molecule has 1 aliphatic rings. The Morgan fingerprint density at radius 3 is 2.68 bits per heavy atom. The molecule has 1 unspecified atom stereocenters. The van der Waals surface area contributed by atoms with Gasteiger partial charge in [-0.3, -0.25) is 9.89 Å². The van der Waals surface area contributed by atoms with Gasteiger partial charge in [-0.1, -0.05) is 6.07 Å². The number of halogens is 1. The Kier molecular flexibility index (Phi) is 8.09. The lowest BCUT2D eigenvalue weighted by atomic mass is 10.1. The van der Waals surface area contributed by atoms with Crippen molar-refractivity contribution >= 4 is 41.3 Å². The molecule has 22 heavy (non-hydrogen) atoms. The number of aliphatic imine (C=N–C) groups is 1. The van der Waals surface area contributed by atoms with Crippen LogP contribution in [0.25, 0.3) is 0 Å². The zero-order valence-corrected chi connectivity index (χ0v) is 16.7. The Bertz CT molecular complexity index is 453. The number of nitrogens with two attached hydrogens (primary N) is 1. The molecule has 0 radical (unpaired) electrons. The van der Waals surface area contributed by atoms with Crippen LogP contribution in [0.2, 0.25) is 0 Å². The lowest BCUT2D eigenvalue weighted by molar-refractivity contribution is 0.0186. The third-order valence-corrected chi connectivity index (χ3v) is 4.27. The SMILES string of the molecule is CC(C)(C)NC(N)=NCC(c1cccs1)N1CCOCC1.I. The lowest BCUT2D eigenvalue weighted by Gasteiger charge is -2.33. The van der Waals surface area contributed by atoms with Crippen LogP contribution in [-0.4, -0.2) is 49.2 Å². The van der Waals surface area contributed by atoms with Gasteiger partial charge in [-0.05, 0) is 32.2 Å². The highest BCUT2D eigenvalue weighted by Gasteiger charge is 2.23. The number of nitrogens with one attached hydrogen (secondary N) is 1. The molecule has 5 nitrogen and oxygen atoms in total. The summed E-state index contributed by atoms with van der Waals surface area (Å²) < 4.78 is 5.45. The van der Waals surface area contributed by atoms with Crippen LogP contribution in [0.4, 0.5) is 0 Å². The molecule has 1 aliphatic heterocycles. The molecule has 1 aromatic rings. The quantitative estimate of drug-likeness (QED) is 0.431. The van der Waals surface area contributed by atoms with Crippen molar-refractivity contribution in [2.45, 2.75) is 32.4 Å². The van der Waals surface area contributed by atoms with Gasteiger partial charge in [-0.25, -0.2) is 0 Å². The van der Waals surface area contributed by atoms with E-state index in [1.807, 2.05) is 0 Å². The molecule has 0 bridgehead atoms. The molecule has 1 saturated heterocycles. The van der Waals surface area contributed by atoms with E-state index in [0.29, 0.717) is 12.5 Å². The van der Waals surface area contributed by atoms with Crippen LogP contribution < -0.4 is 11.1 Å². The van der Waals surface area contributed by atoms with Crippen molar-refractivity contribution in [1.29, 1.82) is 0 Å². The van der Waals surface area contributed by atoms with E-state index in [9.17, 15) is 0 Å². The van der Waals surface area contributed by atoms with Gasteiger partial charge in [0.2, 0.25) is 0 Å². The average molecular weight is 438 g/mol. The molecule has 0 saturated carbocycles. The van der Waals surface area contributed by atoms with E-state index in [1.54, 1.807) is 11.3 Å². The van der Waals surface area contributed by atoms with Gasteiger partial charge in [0.25, 0.3) is 0 Å². The Hall–Kier alpha value is -0.380. The minimum absolute atomic E-state index is 0. The smallest absolute Gasteiger partial charge is 0.189 e. The number of morpholine rings is 1. The highest BCUT2D eigenvalue weighted by Crippen LogP contribution is 2.26. The molecular formula is C15H27IN4OS. The first-order valence-electron chi connectivity index (χ1n) is 7.39. The van der Waals surface area contributed by atoms with Crippen molar-refractivity contribution < 1.29 is 4.74 Å². The first kappa shape index (κ1) is 19.7. The van der Waals surface area contributed by atoms with Crippen LogP contribution in [0.15, 0.2) is 22.5 Å². The largest absolute Gasteiger partial charge is 0.379 e. The van der Waals surface area contributed by atoms with Crippen LogP contribution >= 0.6 is 35.3 Å². The summed E-state index contributed by atoms with van der Waals surface area (Å²) in [4.78, 5) is 8.32. The van der Waals surface area contributed by atoms with Crippen molar-refractivity contribution in [3.05, 3.63) is 22.4 Å². The summed E-state index contributed by atoms with van der Waals surface area (Å²) in [5, 5.41) is 5.32.